The van der Waals surface area contributed by atoms with Gasteiger partial charge < -0.3 is 14.6 Å². The number of H-pyrrole nitrogens is 1. The smallest absolute Gasteiger partial charge is 0.306 e. The van der Waals surface area contributed by atoms with E-state index in [9.17, 15) is 4.79 Å². The Hall–Kier alpha value is -1.81. The number of hydrogen-bond donors (Lipinski definition) is 1. The third-order valence-electron chi connectivity index (χ3n) is 3.04. The van der Waals surface area contributed by atoms with Crippen molar-refractivity contribution in [3.8, 4) is 0 Å². The second kappa shape index (κ2) is 5.69. The molecule has 96 valence electrons. The van der Waals surface area contributed by atoms with Crippen LogP contribution in [0.15, 0.2) is 30.5 Å². The Morgan fingerprint density at radius 3 is 2.94 bits per heavy atom. The van der Waals surface area contributed by atoms with Gasteiger partial charge in [0.25, 0.3) is 0 Å². The molecule has 2 rings (SSSR count). The Morgan fingerprint density at radius 1 is 1.39 bits per heavy atom. The molecule has 4 heteroatoms. The van der Waals surface area contributed by atoms with Gasteiger partial charge in [-0.05, 0) is 18.7 Å². The number of carbonyl (C=O) groups is 1. The summed E-state index contributed by atoms with van der Waals surface area (Å²) in [6, 6.07) is 8.22. The second-order valence-corrected chi connectivity index (χ2v) is 4.42. The first-order valence-electron chi connectivity index (χ1n) is 6.01. The first kappa shape index (κ1) is 12.6. The Labute approximate surface area is 107 Å². The summed E-state index contributed by atoms with van der Waals surface area (Å²) in [6.45, 7) is 1.52. The number of benzene rings is 1. The molecule has 1 aromatic carbocycles. The van der Waals surface area contributed by atoms with E-state index in [4.69, 9.17) is 0 Å². The topological polar surface area (TPSA) is 45.3 Å². The van der Waals surface area contributed by atoms with Gasteiger partial charge in [0, 0.05) is 30.2 Å². The number of fused-ring (bicyclic) bond motifs is 1. The summed E-state index contributed by atoms with van der Waals surface area (Å²) in [5.41, 5.74) is 2.40. The Morgan fingerprint density at radius 2 is 2.17 bits per heavy atom. The summed E-state index contributed by atoms with van der Waals surface area (Å²) in [6.07, 6.45) is 2.45. The summed E-state index contributed by atoms with van der Waals surface area (Å²) in [4.78, 5) is 16.4. The zero-order valence-electron chi connectivity index (χ0n) is 10.8. The molecule has 0 radical (unpaired) electrons. The van der Waals surface area contributed by atoms with Gasteiger partial charge in [0.15, 0.2) is 0 Å². The first-order chi connectivity index (χ1) is 8.70. The van der Waals surface area contributed by atoms with Gasteiger partial charge in [-0.3, -0.25) is 4.79 Å². The number of aromatic nitrogens is 1. The number of ether oxygens (including phenoxy) is 1. The van der Waals surface area contributed by atoms with Crippen LogP contribution in [0.4, 0.5) is 0 Å². The summed E-state index contributed by atoms with van der Waals surface area (Å²) in [5, 5.41) is 1.24. The molecule has 2 aromatic rings. The van der Waals surface area contributed by atoms with Crippen molar-refractivity contribution in [1.29, 1.82) is 0 Å². The molecule has 0 bridgehead atoms. The fraction of sp³-hybridized carbons (Fsp3) is 0.357. The van der Waals surface area contributed by atoms with Crippen molar-refractivity contribution >= 4 is 16.9 Å². The Kier molecular flexibility index (Phi) is 3.99. The highest BCUT2D eigenvalue weighted by molar-refractivity contribution is 5.82. The second-order valence-electron chi connectivity index (χ2n) is 4.42. The van der Waals surface area contributed by atoms with Gasteiger partial charge in [0.2, 0.25) is 0 Å². The fourth-order valence-electron chi connectivity index (χ4n) is 2.02. The largest absolute Gasteiger partial charge is 0.469 e. The van der Waals surface area contributed by atoms with Crippen molar-refractivity contribution in [3.05, 3.63) is 36.0 Å². The monoisotopic (exact) mass is 246 g/mol. The van der Waals surface area contributed by atoms with Gasteiger partial charge in [-0.2, -0.15) is 0 Å². The Balaban J connectivity index is 1.98. The van der Waals surface area contributed by atoms with E-state index in [0.29, 0.717) is 13.0 Å². The summed E-state index contributed by atoms with van der Waals surface area (Å²) in [7, 11) is 3.42. The van der Waals surface area contributed by atoms with E-state index < -0.39 is 0 Å². The van der Waals surface area contributed by atoms with Crippen LogP contribution >= 0.6 is 0 Å². The number of nitrogens with one attached hydrogen (secondary N) is 1. The maximum atomic E-state index is 11.1. The highest BCUT2D eigenvalue weighted by Gasteiger charge is 2.08. The normalized spacial score (nSPS) is 11.1. The minimum absolute atomic E-state index is 0.166. The van der Waals surface area contributed by atoms with Crippen molar-refractivity contribution in [3.63, 3.8) is 0 Å². The molecule has 1 N–H and O–H groups in total. The van der Waals surface area contributed by atoms with E-state index in [0.717, 1.165) is 12.1 Å². The van der Waals surface area contributed by atoms with Gasteiger partial charge in [-0.25, -0.2) is 0 Å². The SMILES string of the molecule is COC(=O)CCN(C)Cc1c[nH]c2ccccc12. The van der Waals surface area contributed by atoms with Crippen LogP contribution in [0.2, 0.25) is 0 Å². The van der Waals surface area contributed by atoms with Crippen LogP contribution in [-0.2, 0) is 16.1 Å². The maximum absolute atomic E-state index is 11.1. The molecule has 0 aliphatic carbocycles. The summed E-state index contributed by atoms with van der Waals surface area (Å²) >= 11 is 0. The zero-order valence-corrected chi connectivity index (χ0v) is 10.8. The van der Waals surface area contributed by atoms with Crippen LogP contribution in [-0.4, -0.2) is 36.6 Å². The lowest BCUT2D eigenvalue weighted by atomic mass is 10.1. The van der Waals surface area contributed by atoms with Crippen molar-refractivity contribution in [2.75, 3.05) is 20.7 Å². The van der Waals surface area contributed by atoms with Gasteiger partial charge >= 0.3 is 5.97 Å². The van der Waals surface area contributed by atoms with Gasteiger partial charge in [-0.15, -0.1) is 0 Å². The summed E-state index contributed by atoms with van der Waals surface area (Å²) in [5.74, 6) is -0.166. The van der Waals surface area contributed by atoms with Gasteiger partial charge in [0.1, 0.15) is 0 Å². The predicted molar refractivity (Wildman–Crippen MR) is 71.3 cm³/mol. The number of esters is 1. The van der Waals surface area contributed by atoms with Crippen LogP contribution < -0.4 is 0 Å². The minimum atomic E-state index is -0.166. The standard InChI is InChI=1S/C14H18N2O2/c1-16(8-7-14(17)18-2)10-11-9-15-13-6-4-3-5-12(11)13/h3-6,9,15H,7-8,10H2,1-2H3. The number of rotatable bonds is 5. The van der Waals surface area contributed by atoms with Crippen LogP contribution in [0.3, 0.4) is 0 Å². The molecular formula is C14H18N2O2. The number of aromatic amines is 1. The molecular weight excluding hydrogens is 228 g/mol. The maximum Gasteiger partial charge on any atom is 0.306 e. The van der Waals surface area contributed by atoms with Gasteiger partial charge in [0.05, 0.1) is 13.5 Å². The molecule has 18 heavy (non-hydrogen) atoms. The predicted octanol–water partition coefficient (Wildman–Crippen LogP) is 2.16. The number of carbonyl (C=O) groups excluding carboxylic acids is 1. The van der Waals surface area contributed by atoms with Crippen molar-refractivity contribution in [2.24, 2.45) is 0 Å². The first-order valence-corrected chi connectivity index (χ1v) is 6.01. The highest BCUT2D eigenvalue weighted by Crippen LogP contribution is 2.18. The third-order valence-corrected chi connectivity index (χ3v) is 3.04. The molecule has 1 heterocycles. The number of hydrogen-bond acceptors (Lipinski definition) is 3. The van der Waals surface area contributed by atoms with Gasteiger partial charge in [-0.1, -0.05) is 18.2 Å². The summed E-state index contributed by atoms with van der Waals surface area (Å²) < 4.78 is 4.63. The fourth-order valence-corrected chi connectivity index (χ4v) is 2.02. The van der Waals surface area contributed by atoms with Crippen LogP contribution in [0.5, 0.6) is 0 Å². The van der Waals surface area contributed by atoms with E-state index in [1.807, 2.05) is 25.4 Å². The number of para-hydroxylation sites is 1. The minimum Gasteiger partial charge on any atom is -0.469 e. The number of methoxy groups -OCH3 is 1. The molecule has 0 atom stereocenters. The molecule has 0 fully saturated rings. The molecule has 0 unspecified atom stereocenters. The van der Waals surface area contributed by atoms with E-state index in [2.05, 4.69) is 26.8 Å². The van der Waals surface area contributed by atoms with E-state index >= 15 is 0 Å². The van der Waals surface area contributed by atoms with Crippen molar-refractivity contribution in [2.45, 2.75) is 13.0 Å². The van der Waals surface area contributed by atoms with Crippen LogP contribution in [0, 0.1) is 0 Å². The molecule has 0 saturated carbocycles. The average Bonchev–Trinajstić information content (AvgIpc) is 2.79. The lowest BCUT2D eigenvalue weighted by molar-refractivity contribution is -0.140. The number of nitrogens with zero attached hydrogens (tertiary/aromatic N) is 1. The van der Waals surface area contributed by atoms with Crippen molar-refractivity contribution in [1.82, 2.24) is 9.88 Å². The van der Waals surface area contributed by atoms with Crippen molar-refractivity contribution < 1.29 is 9.53 Å². The lowest BCUT2D eigenvalue weighted by Gasteiger charge is -2.15. The zero-order chi connectivity index (χ0) is 13.0. The molecule has 0 amide bonds. The van der Waals surface area contributed by atoms with Crippen LogP contribution in [0.1, 0.15) is 12.0 Å². The van der Waals surface area contributed by atoms with E-state index in [-0.39, 0.29) is 5.97 Å². The van der Waals surface area contributed by atoms with E-state index in [1.165, 1.54) is 18.1 Å². The molecule has 0 aliphatic rings. The molecule has 0 spiro atoms. The lowest BCUT2D eigenvalue weighted by Crippen LogP contribution is -2.21. The third kappa shape index (κ3) is 2.90. The van der Waals surface area contributed by atoms with E-state index in [1.54, 1.807) is 0 Å². The average molecular weight is 246 g/mol. The molecule has 0 aliphatic heterocycles. The highest BCUT2D eigenvalue weighted by atomic mass is 16.5. The molecule has 0 saturated heterocycles. The molecule has 4 nitrogen and oxygen atoms in total. The van der Waals surface area contributed by atoms with Crippen LogP contribution in [0.25, 0.3) is 10.9 Å². The molecule has 1 aromatic heterocycles. The Bertz CT molecular complexity index is 533. The quantitative estimate of drug-likeness (QED) is 0.822.